The summed E-state index contributed by atoms with van der Waals surface area (Å²) in [7, 11) is 1.55. The van der Waals surface area contributed by atoms with E-state index in [1.54, 1.807) is 25.3 Å². The van der Waals surface area contributed by atoms with E-state index in [4.69, 9.17) is 4.74 Å². The molecule has 1 aliphatic rings. The van der Waals surface area contributed by atoms with Crippen molar-refractivity contribution in [1.29, 1.82) is 0 Å². The first kappa shape index (κ1) is 21.3. The minimum atomic E-state index is -0.437. The van der Waals surface area contributed by atoms with Crippen LogP contribution in [0.25, 0.3) is 12.2 Å². The fourth-order valence-corrected chi connectivity index (χ4v) is 3.59. The molecule has 2 aromatic rings. The van der Waals surface area contributed by atoms with Crippen molar-refractivity contribution < 1.29 is 23.5 Å². The SMILES string of the molecule is COc1ccccc1C=CC(=O)NCCN1C(=O)SC(=Cc2ccc(F)cc2)C1=O. The lowest BCUT2D eigenvalue weighted by atomic mass is 10.2. The number of ether oxygens (including phenoxy) is 1. The van der Waals surface area contributed by atoms with Gasteiger partial charge in [0, 0.05) is 24.7 Å². The zero-order valence-corrected chi connectivity index (χ0v) is 16.9. The monoisotopic (exact) mass is 426 g/mol. The molecule has 8 heteroatoms. The molecule has 30 heavy (non-hydrogen) atoms. The van der Waals surface area contributed by atoms with Crippen LogP contribution in [0.2, 0.25) is 0 Å². The van der Waals surface area contributed by atoms with Crippen LogP contribution < -0.4 is 10.1 Å². The molecule has 3 amide bonds. The highest BCUT2D eigenvalue weighted by Crippen LogP contribution is 2.31. The quantitative estimate of drug-likeness (QED) is 0.684. The number of halogens is 1. The molecular weight excluding hydrogens is 407 g/mol. The molecule has 0 radical (unpaired) electrons. The van der Waals surface area contributed by atoms with Crippen LogP contribution >= 0.6 is 11.8 Å². The Morgan fingerprint density at radius 3 is 2.63 bits per heavy atom. The van der Waals surface area contributed by atoms with Crippen molar-refractivity contribution in [3.8, 4) is 5.75 Å². The molecule has 2 aromatic carbocycles. The van der Waals surface area contributed by atoms with Crippen molar-refractivity contribution in [2.24, 2.45) is 0 Å². The van der Waals surface area contributed by atoms with Crippen LogP contribution in [0.15, 0.2) is 59.5 Å². The van der Waals surface area contributed by atoms with Gasteiger partial charge in [-0.25, -0.2) is 4.39 Å². The third kappa shape index (κ3) is 5.36. The molecule has 1 saturated heterocycles. The number of hydrogen-bond donors (Lipinski definition) is 1. The number of nitrogens with one attached hydrogen (secondary N) is 1. The molecule has 0 unspecified atom stereocenters. The predicted molar refractivity (Wildman–Crippen MR) is 114 cm³/mol. The molecule has 1 fully saturated rings. The topological polar surface area (TPSA) is 75.7 Å². The standard InChI is InChI=1S/C22H19FN2O4S/c1-29-18-5-3-2-4-16(18)8-11-20(26)24-12-13-25-21(27)19(30-22(25)28)14-15-6-9-17(23)10-7-15/h2-11,14H,12-13H2,1H3,(H,24,26). The van der Waals surface area contributed by atoms with Gasteiger partial charge in [0.25, 0.3) is 11.1 Å². The van der Waals surface area contributed by atoms with Crippen LogP contribution in [0.5, 0.6) is 5.75 Å². The van der Waals surface area contributed by atoms with Crippen molar-refractivity contribution in [1.82, 2.24) is 10.2 Å². The first-order valence-corrected chi connectivity index (χ1v) is 9.89. The van der Waals surface area contributed by atoms with E-state index in [-0.39, 0.29) is 29.7 Å². The number of para-hydroxylation sites is 1. The zero-order chi connectivity index (χ0) is 21.5. The van der Waals surface area contributed by atoms with Crippen molar-refractivity contribution in [2.75, 3.05) is 20.2 Å². The molecule has 0 aromatic heterocycles. The van der Waals surface area contributed by atoms with E-state index in [2.05, 4.69) is 5.32 Å². The number of carbonyl (C=O) groups excluding carboxylic acids is 3. The Morgan fingerprint density at radius 1 is 1.17 bits per heavy atom. The Labute approximate surface area is 177 Å². The van der Waals surface area contributed by atoms with Gasteiger partial charge in [0.15, 0.2) is 0 Å². The second-order valence-electron chi connectivity index (χ2n) is 6.25. The molecule has 1 N–H and O–H groups in total. The van der Waals surface area contributed by atoms with Crippen LogP contribution in [0, 0.1) is 5.82 Å². The van der Waals surface area contributed by atoms with Gasteiger partial charge in [-0.05, 0) is 47.7 Å². The molecule has 0 aliphatic carbocycles. The minimum Gasteiger partial charge on any atom is -0.496 e. The molecule has 0 saturated carbocycles. The van der Waals surface area contributed by atoms with E-state index in [9.17, 15) is 18.8 Å². The maximum absolute atomic E-state index is 13.0. The highest BCUT2D eigenvalue weighted by atomic mass is 32.2. The summed E-state index contributed by atoms with van der Waals surface area (Å²) in [5.41, 5.74) is 1.38. The lowest BCUT2D eigenvalue weighted by molar-refractivity contribution is -0.123. The van der Waals surface area contributed by atoms with Gasteiger partial charge in [0.05, 0.1) is 12.0 Å². The third-order valence-electron chi connectivity index (χ3n) is 4.23. The number of benzene rings is 2. The molecule has 0 atom stereocenters. The van der Waals surface area contributed by atoms with E-state index in [1.807, 2.05) is 18.2 Å². The second-order valence-corrected chi connectivity index (χ2v) is 7.24. The number of thioether (sulfide) groups is 1. The Hall–Kier alpha value is -3.39. The number of nitrogens with zero attached hydrogens (tertiary/aromatic N) is 1. The largest absolute Gasteiger partial charge is 0.496 e. The lowest BCUT2D eigenvalue weighted by Gasteiger charge is -2.12. The summed E-state index contributed by atoms with van der Waals surface area (Å²) in [5, 5.41) is 2.24. The molecule has 0 bridgehead atoms. The molecule has 1 aliphatic heterocycles. The first-order valence-electron chi connectivity index (χ1n) is 9.08. The summed E-state index contributed by atoms with van der Waals surface area (Å²) in [5.74, 6) is -0.522. The molecule has 1 heterocycles. The number of hydrogen-bond acceptors (Lipinski definition) is 5. The highest BCUT2D eigenvalue weighted by molar-refractivity contribution is 8.18. The van der Waals surface area contributed by atoms with Crippen LogP contribution in [-0.4, -0.2) is 42.2 Å². The Bertz CT molecular complexity index is 1020. The van der Waals surface area contributed by atoms with E-state index >= 15 is 0 Å². The molecule has 3 rings (SSSR count). The number of rotatable bonds is 7. The number of carbonyl (C=O) groups is 3. The first-order chi connectivity index (χ1) is 14.5. The third-order valence-corrected chi connectivity index (χ3v) is 5.14. The Balaban J connectivity index is 1.53. The normalized spacial score (nSPS) is 15.3. The average molecular weight is 426 g/mol. The van der Waals surface area contributed by atoms with Crippen molar-refractivity contribution >= 4 is 41.0 Å². The summed E-state index contributed by atoms with van der Waals surface area (Å²) in [6, 6.07) is 12.9. The van der Waals surface area contributed by atoms with Crippen LogP contribution in [0.1, 0.15) is 11.1 Å². The summed E-state index contributed by atoms with van der Waals surface area (Å²) < 4.78 is 18.2. The fourth-order valence-electron chi connectivity index (χ4n) is 2.72. The van der Waals surface area contributed by atoms with Crippen molar-refractivity contribution in [3.63, 3.8) is 0 Å². The van der Waals surface area contributed by atoms with Gasteiger partial charge in [0.2, 0.25) is 5.91 Å². The second kappa shape index (κ2) is 9.89. The summed E-state index contributed by atoms with van der Waals surface area (Å²) >= 11 is 0.815. The molecule has 154 valence electrons. The summed E-state index contributed by atoms with van der Waals surface area (Å²) in [4.78, 5) is 37.9. The maximum Gasteiger partial charge on any atom is 0.293 e. The molecule has 0 spiro atoms. The van der Waals surface area contributed by atoms with Gasteiger partial charge < -0.3 is 10.1 Å². The van der Waals surface area contributed by atoms with Gasteiger partial charge in [-0.2, -0.15) is 0 Å². The van der Waals surface area contributed by atoms with E-state index in [0.29, 0.717) is 11.3 Å². The Morgan fingerprint density at radius 2 is 1.90 bits per heavy atom. The van der Waals surface area contributed by atoms with Crippen LogP contribution in [0.4, 0.5) is 9.18 Å². The zero-order valence-electron chi connectivity index (χ0n) is 16.1. The molecule has 6 nitrogen and oxygen atoms in total. The number of methoxy groups -OCH3 is 1. The predicted octanol–water partition coefficient (Wildman–Crippen LogP) is 3.70. The lowest BCUT2D eigenvalue weighted by Crippen LogP contribution is -2.36. The number of amides is 3. The van der Waals surface area contributed by atoms with Crippen molar-refractivity contribution in [2.45, 2.75) is 0 Å². The smallest absolute Gasteiger partial charge is 0.293 e. The van der Waals surface area contributed by atoms with Gasteiger partial charge in [0.1, 0.15) is 11.6 Å². The van der Waals surface area contributed by atoms with Gasteiger partial charge in [-0.1, -0.05) is 30.3 Å². The van der Waals surface area contributed by atoms with Gasteiger partial charge >= 0.3 is 0 Å². The van der Waals surface area contributed by atoms with E-state index in [1.165, 1.54) is 30.3 Å². The fraction of sp³-hybridized carbons (Fsp3) is 0.136. The maximum atomic E-state index is 13.0. The highest BCUT2D eigenvalue weighted by Gasteiger charge is 2.34. The summed E-state index contributed by atoms with van der Waals surface area (Å²) in [6.45, 7) is 0.177. The van der Waals surface area contributed by atoms with E-state index < -0.39 is 11.1 Å². The molecular formula is C22H19FN2O4S. The Kier molecular flexibility index (Phi) is 7.03. The van der Waals surface area contributed by atoms with Crippen molar-refractivity contribution in [3.05, 3.63) is 76.5 Å². The number of imide groups is 1. The van der Waals surface area contributed by atoms with E-state index in [0.717, 1.165) is 22.2 Å². The van der Waals surface area contributed by atoms with Gasteiger partial charge in [-0.3, -0.25) is 19.3 Å². The minimum absolute atomic E-state index is 0.0552. The van der Waals surface area contributed by atoms with Gasteiger partial charge in [-0.15, -0.1) is 0 Å². The summed E-state index contributed by atoms with van der Waals surface area (Å²) in [6.07, 6.45) is 4.53. The van der Waals surface area contributed by atoms with Crippen LogP contribution in [-0.2, 0) is 9.59 Å². The van der Waals surface area contributed by atoms with Crippen LogP contribution in [0.3, 0.4) is 0 Å². The average Bonchev–Trinajstić information content (AvgIpc) is 3.01.